The van der Waals surface area contributed by atoms with Gasteiger partial charge in [-0.15, -0.1) is 0 Å². The number of benzene rings is 1. The van der Waals surface area contributed by atoms with Crippen molar-refractivity contribution in [1.82, 2.24) is 10.6 Å². The smallest absolute Gasteiger partial charge is 0.123 e. The van der Waals surface area contributed by atoms with Gasteiger partial charge < -0.3 is 0 Å². The minimum absolute atomic E-state index is 0.0809. The molecule has 3 aliphatic rings. The van der Waals surface area contributed by atoms with Crippen molar-refractivity contribution in [1.29, 1.82) is 0 Å². The Bertz CT molecular complexity index is 600. The number of hydrogen-bond acceptors (Lipinski definition) is 2. The van der Waals surface area contributed by atoms with E-state index >= 15 is 0 Å². The highest BCUT2D eigenvalue weighted by Crippen LogP contribution is 2.35. The molecule has 0 radical (unpaired) electrons. The zero-order valence-corrected chi connectivity index (χ0v) is 11.1. The molecule has 20 heavy (non-hydrogen) atoms. The lowest BCUT2D eigenvalue weighted by Gasteiger charge is -2.46. The number of hydrogen-bond donors (Lipinski definition) is 2. The second-order valence-corrected chi connectivity index (χ2v) is 5.67. The molecular formula is C17H17FN2. The average molecular weight is 268 g/mol. The standard InChI is InChI=1S/C17H17FN2/c18-13-9-7-12(8-10-13)17-19-14-5-1-3-11-4-2-6-15(20-17)16(11)14/h1-5,7-10,14-17,19-20H,6H2. The molecule has 1 aromatic carbocycles. The van der Waals surface area contributed by atoms with Crippen LogP contribution in [0.2, 0.25) is 0 Å². The van der Waals surface area contributed by atoms with Gasteiger partial charge in [-0.1, -0.05) is 42.5 Å². The van der Waals surface area contributed by atoms with E-state index in [1.54, 1.807) is 0 Å². The number of halogens is 1. The van der Waals surface area contributed by atoms with Crippen LogP contribution in [0.5, 0.6) is 0 Å². The zero-order valence-electron chi connectivity index (χ0n) is 11.1. The molecule has 0 aromatic heterocycles. The molecule has 1 fully saturated rings. The first-order valence-corrected chi connectivity index (χ1v) is 7.14. The number of allylic oxidation sites excluding steroid dienone is 3. The maximum Gasteiger partial charge on any atom is 0.123 e. The predicted octanol–water partition coefficient (Wildman–Crippen LogP) is 2.83. The Labute approximate surface area is 118 Å². The Balaban J connectivity index is 1.64. The van der Waals surface area contributed by atoms with Crippen LogP contribution < -0.4 is 10.6 Å². The van der Waals surface area contributed by atoms with Gasteiger partial charge in [-0.05, 0) is 29.7 Å². The Morgan fingerprint density at radius 3 is 2.80 bits per heavy atom. The van der Waals surface area contributed by atoms with Crippen molar-refractivity contribution in [2.75, 3.05) is 0 Å². The van der Waals surface area contributed by atoms with Crippen LogP contribution in [0.3, 0.4) is 0 Å². The van der Waals surface area contributed by atoms with E-state index < -0.39 is 0 Å². The van der Waals surface area contributed by atoms with Crippen molar-refractivity contribution in [3.8, 4) is 0 Å². The van der Waals surface area contributed by atoms with Crippen LogP contribution in [0.4, 0.5) is 4.39 Å². The molecule has 1 heterocycles. The summed E-state index contributed by atoms with van der Waals surface area (Å²) < 4.78 is 13.1. The van der Waals surface area contributed by atoms with E-state index in [1.807, 2.05) is 12.1 Å². The van der Waals surface area contributed by atoms with Crippen LogP contribution in [0.1, 0.15) is 18.2 Å². The highest BCUT2D eigenvalue weighted by Gasteiger charge is 2.39. The second kappa shape index (κ2) is 4.69. The molecule has 4 unspecified atom stereocenters. The second-order valence-electron chi connectivity index (χ2n) is 5.67. The minimum atomic E-state index is -0.189. The van der Waals surface area contributed by atoms with E-state index in [-0.39, 0.29) is 12.0 Å². The lowest BCUT2D eigenvalue weighted by molar-refractivity contribution is 0.207. The molecule has 2 nitrogen and oxygen atoms in total. The SMILES string of the molecule is Fc1ccc(C2NC3C=CC=C4C=CCC(N2)C43)cc1. The predicted molar refractivity (Wildman–Crippen MR) is 77.5 cm³/mol. The van der Waals surface area contributed by atoms with E-state index in [1.165, 1.54) is 17.7 Å². The van der Waals surface area contributed by atoms with Crippen molar-refractivity contribution in [3.05, 3.63) is 71.6 Å². The van der Waals surface area contributed by atoms with Crippen LogP contribution in [0, 0.1) is 11.7 Å². The zero-order chi connectivity index (χ0) is 13.5. The van der Waals surface area contributed by atoms with Crippen molar-refractivity contribution in [3.63, 3.8) is 0 Å². The van der Waals surface area contributed by atoms with Crippen LogP contribution in [-0.4, -0.2) is 12.1 Å². The molecule has 0 amide bonds. The van der Waals surface area contributed by atoms with Crippen molar-refractivity contribution in [2.24, 2.45) is 5.92 Å². The number of rotatable bonds is 1. The molecule has 4 atom stereocenters. The van der Waals surface area contributed by atoms with Crippen LogP contribution in [-0.2, 0) is 0 Å². The molecule has 1 aliphatic heterocycles. The van der Waals surface area contributed by atoms with Crippen LogP contribution >= 0.6 is 0 Å². The molecule has 2 N–H and O–H groups in total. The van der Waals surface area contributed by atoms with E-state index in [0.717, 1.165) is 12.0 Å². The summed E-state index contributed by atoms with van der Waals surface area (Å²) in [4.78, 5) is 0. The molecule has 3 heteroatoms. The van der Waals surface area contributed by atoms with Gasteiger partial charge >= 0.3 is 0 Å². The average Bonchev–Trinajstić information content (AvgIpc) is 2.48. The van der Waals surface area contributed by atoms with Gasteiger partial charge in [0, 0.05) is 18.0 Å². The first kappa shape index (κ1) is 12.1. The molecular weight excluding hydrogens is 251 g/mol. The quantitative estimate of drug-likeness (QED) is 0.818. The van der Waals surface area contributed by atoms with Gasteiger partial charge in [-0.3, -0.25) is 10.6 Å². The first-order valence-electron chi connectivity index (χ1n) is 7.14. The molecule has 0 saturated carbocycles. The summed E-state index contributed by atoms with van der Waals surface area (Å²) in [5.41, 5.74) is 2.48. The van der Waals surface area contributed by atoms with Gasteiger partial charge in [-0.25, -0.2) is 4.39 Å². The fourth-order valence-electron chi connectivity index (χ4n) is 3.50. The van der Waals surface area contributed by atoms with Crippen molar-refractivity contribution >= 4 is 0 Å². The summed E-state index contributed by atoms with van der Waals surface area (Å²) in [7, 11) is 0. The third-order valence-electron chi connectivity index (χ3n) is 4.46. The Morgan fingerprint density at radius 2 is 1.95 bits per heavy atom. The van der Waals surface area contributed by atoms with Crippen LogP contribution in [0.15, 0.2) is 60.2 Å². The third-order valence-corrected chi connectivity index (χ3v) is 4.46. The van der Waals surface area contributed by atoms with Gasteiger partial charge in [0.15, 0.2) is 0 Å². The Morgan fingerprint density at radius 1 is 1.10 bits per heavy atom. The maximum atomic E-state index is 13.1. The van der Waals surface area contributed by atoms with Gasteiger partial charge in [0.1, 0.15) is 5.82 Å². The Hall–Kier alpha value is -1.71. The monoisotopic (exact) mass is 268 g/mol. The highest BCUT2D eigenvalue weighted by atomic mass is 19.1. The van der Waals surface area contributed by atoms with Gasteiger partial charge in [0.05, 0.1) is 6.17 Å². The molecule has 2 aliphatic carbocycles. The topological polar surface area (TPSA) is 24.1 Å². The largest absolute Gasteiger partial charge is 0.294 e. The molecule has 1 aromatic rings. The summed E-state index contributed by atoms with van der Waals surface area (Å²) in [6.45, 7) is 0. The fraction of sp³-hybridized carbons (Fsp3) is 0.294. The molecule has 4 rings (SSSR count). The van der Waals surface area contributed by atoms with E-state index in [4.69, 9.17) is 0 Å². The molecule has 0 bridgehead atoms. The van der Waals surface area contributed by atoms with Gasteiger partial charge in [-0.2, -0.15) is 0 Å². The van der Waals surface area contributed by atoms with E-state index in [0.29, 0.717) is 18.0 Å². The van der Waals surface area contributed by atoms with Crippen molar-refractivity contribution in [2.45, 2.75) is 24.7 Å². The minimum Gasteiger partial charge on any atom is -0.294 e. The lowest BCUT2D eigenvalue weighted by Crippen LogP contribution is -2.59. The molecule has 0 spiro atoms. The van der Waals surface area contributed by atoms with Gasteiger partial charge in [0.25, 0.3) is 0 Å². The number of nitrogens with one attached hydrogen (secondary N) is 2. The fourth-order valence-corrected chi connectivity index (χ4v) is 3.50. The Kier molecular flexibility index (Phi) is 2.83. The normalized spacial score (nSPS) is 34.5. The third kappa shape index (κ3) is 1.94. The lowest BCUT2D eigenvalue weighted by atomic mass is 9.75. The summed E-state index contributed by atoms with van der Waals surface area (Å²) in [6, 6.07) is 7.53. The maximum absolute atomic E-state index is 13.1. The first-order chi connectivity index (χ1) is 9.81. The van der Waals surface area contributed by atoms with Crippen LogP contribution in [0.25, 0.3) is 0 Å². The highest BCUT2D eigenvalue weighted by molar-refractivity contribution is 5.39. The van der Waals surface area contributed by atoms with Crippen molar-refractivity contribution < 1.29 is 4.39 Å². The van der Waals surface area contributed by atoms with Gasteiger partial charge in [0.2, 0.25) is 0 Å². The van der Waals surface area contributed by atoms with E-state index in [9.17, 15) is 4.39 Å². The summed E-state index contributed by atoms with van der Waals surface area (Å²) in [6.07, 6.45) is 12.2. The summed E-state index contributed by atoms with van der Waals surface area (Å²) >= 11 is 0. The summed E-state index contributed by atoms with van der Waals surface area (Å²) in [5, 5.41) is 7.28. The van der Waals surface area contributed by atoms with E-state index in [2.05, 4.69) is 41.0 Å². The summed E-state index contributed by atoms with van der Waals surface area (Å²) in [5.74, 6) is 0.313. The molecule has 1 saturated heterocycles. The molecule has 102 valence electrons.